The van der Waals surface area contributed by atoms with Crippen LogP contribution in [-0.2, 0) is 11.3 Å². The predicted octanol–water partition coefficient (Wildman–Crippen LogP) is 2.10. The van der Waals surface area contributed by atoms with Gasteiger partial charge in [0.2, 0.25) is 0 Å². The van der Waals surface area contributed by atoms with Gasteiger partial charge in [0.15, 0.2) is 0 Å². The largest absolute Gasteiger partial charge is 0.480 e. The lowest BCUT2D eigenvalue weighted by Gasteiger charge is -2.35. The molecule has 0 saturated carbocycles. The molecule has 1 aliphatic heterocycles. The van der Waals surface area contributed by atoms with Crippen molar-refractivity contribution in [3.05, 3.63) is 41.1 Å². The van der Waals surface area contributed by atoms with Gasteiger partial charge in [-0.1, -0.05) is 17.7 Å². The normalized spacial score (nSPS) is 21.8. The molecule has 2 atom stereocenters. The Morgan fingerprint density at radius 3 is 2.96 bits per heavy atom. The Morgan fingerprint density at radius 1 is 1.42 bits per heavy atom. The van der Waals surface area contributed by atoms with Crippen LogP contribution in [0.15, 0.2) is 24.4 Å². The van der Waals surface area contributed by atoms with Crippen LogP contribution in [0.2, 0.25) is 0 Å². The first-order valence-electron chi connectivity index (χ1n) is 8.20. The highest BCUT2D eigenvalue weighted by atomic mass is 16.4. The molecule has 6 heteroatoms. The van der Waals surface area contributed by atoms with Crippen LogP contribution in [0.5, 0.6) is 0 Å². The molecule has 1 saturated heterocycles. The fourth-order valence-corrected chi connectivity index (χ4v) is 3.33. The third kappa shape index (κ3) is 3.34. The maximum Gasteiger partial charge on any atom is 0.321 e. The lowest BCUT2D eigenvalue weighted by atomic mass is 9.97. The number of aryl methyl sites for hydroxylation is 2. The first kappa shape index (κ1) is 16.7. The van der Waals surface area contributed by atoms with E-state index in [0.29, 0.717) is 19.5 Å². The summed E-state index contributed by atoms with van der Waals surface area (Å²) in [5.41, 5.74) is 5.32. The average molecular weight is 329 g/mol. The van der Waals surface area contributed by atoms with Crippen molar-refractivity contribution >= 4 is 5.97 Å². The molecular weight excluding hydrogens is 306 g/mol. The zero-order valence-electron chi connectivity index (χ0n) is 14.0. The van der Waals surface area contributed by atoms with Crippen molar-refractivity contribution in [2.24, 2.45) is 0 Å². The third-order valence-corrected chi connectivity index (χ3v) is 4.72. The number of carbonyl (C=O) groups is 1. The summed E-state index contributed by atoms with van der Waals surface area (Å²) in [7, 11) is 0. The van der Waals surface area contributed by atoms with E-state index in [1.807, 2.05) is 11.8 Å². The van der Waals surface area contributed by atoms with E-state index < -0.39 is 18.1 Å². The Morgan fingerprint density at radius 2 is 2.21 bits per heavy atom. The number of H-pyrrole nitrogens is 1. The van der Waals surface area contributed by atoms with Crippen molar-refractivity contribution in [2.75, 3.05) is 6.54 Å². The number of carboxylic acid groups (broad SMARTS) is 1. The number of carboxylic acids is 1. The molecule has 1 aromatic carbocycles. The quantitative estimate of drug-likeness (QED) is 0.799. The molecule has 0 radical (unpaired) electrons. The van der Waals surface area contributed by atoms with Gasteiger partial charge in [0, 0.05) is 24.2 Å². The van der Waals surface area contributed by atoms with Gasteiger partial charge in [0.1, 0.15) is 6.04 Å². The minimum absolute atomic E-state index is 0.270. The number of nitrogens with one attached hydrogen (secondary N) is 1. The number of likely N-dealkylation sites (tertiary alicyclic amines) is 1. The van der Waals surface area contributed by atoms with E-state index >= 15 is 0 Å². The van der Waals surface area contributed by atoms with Gasteiger partial charge in [-0.05, 0) is 38.3 Å². The SMILES string of the molecule is Cc1ccc(C)c(-c2[nH]ncc2CN2CC[C@H](O)C[C@@H]2C(=O)O)c1. The molecule has 1 fully saturated rings. The van der Waals surface area contributed by atoms with Crippen molar-refractivity contribution < 1.29 is 15.0 Å². The molecule has 0 aliphatic carbocycles. The molecule has 128 valence electrons. The Bertz CT molecular complexity index is 741. The van der Waals surface area contributed by atoms with Crippen LogP contribution in [-0.4, -0.2) is 50.0 Å². The number of aromatic nitrogens is 2. The summed E-state index contributed by atoms with van der Waals surface area (Å²) < 4.78 is 0. The molecule has 3 N–H and O–H groups in total. The summed E-state index contributed by atoms with van der Waals surface area (Å²) in [4.78, 5) is 13.4. The van der Waals surface area contributed by atoms with Crippen molar-refractivity contribution in [1.82, 2.24) is 15.1 Å². The van der Waals surface area contributed by atoms with E-state index in [9.17, 15) is 15.0 Å². The predicted molar refractivity (Wildman–Crippen MR) is 90.6 cm³/mol. The third-order valence-electron chi connectivity index (χ3n) is 4.72. The van der Waals surface area contributed by atoms with Gasteiger partial charge in [0.25, 0.3) is 0 Å². The number of aliphatic hydroxyl groups is 1. The number of rotatable bonds is 4. The fourth-order valence-electron chi connectivity index (χ4n) is 3.33. The monoisotopic (exact) mass is 329 g/mol. The summed E-state index contributed by atoms with van der Waals surface area (Å²) >= 11 is 0. The molecule has 0 unspecified atom stereocenters. The minimum Gasteiger partial charge on any atom is -0.480 e. The molecule has 24 heavy (non-hydrogen) atoms. The maximum atomic E-state index is 11.5. The van der Waals surface area contributed by atoms with Gasteiger partial charge in [-0.25, -0.2) is 0 Å². The Labute approximate surface area is 141 Å². The van der Waals surface area contributed by atoms with Crippen molar-refractivity contribution in [1.29, 1.82) is 0 Å². The van der Waals surface area contributed by atoms with Crippen LogP contribution in [0, 0.1) is 13.8 Å². The summed E-state index contributed by atoms with van der Waals surface area (Å²) in [6, 6.07) is 5.60. The van der Waals surface area contributed by atoms with Crippen molar-refractivity contribution in [3.8, 4) is 11.3 Å². The van der Waals surface area contributed by atoms with Crippen LogP contribution in [0.1, 0.15) is 29.5 Å². The molecule has 1 aliphatic rings. The van der Waals surface area contributed by atoms with E-state index in [1.54, 1.807) is 6.20 Å². The summed E-state index contributed by atoms with van der Waals surface area (Å²) in [6.07, 6.45) is 2.10. The second-order valence-corrected chi connectivity index (χ2v) is 6.59. The number of aliphatic hydroxyl groups excluding tert-OH is 1. The van der Waals surface area contributed by atoms with Crippen LogP contribution in [0.25, 0.3) is 11.3 Å². The highest BCUT2D eigenvalue weighted by Gasteiger charge is 2.33. The van der Waals surface area contributed by atoms with E-state index in [0.717, 1.165) is 22.4 Å². The number of piperidine rings is 1. The molecule has 2 aromatic rings. The molecule has 1 aromatic heterocycles. The fraction of sp³-hybridized carbons (Fsp3) is 0.444. The lowest BCUT2D eigenvalue weighted by Crippen LogP contribution is -2.48. The number of benzene rings is 1. The minimum atomic E-state index is -0.884. The van der Waals surface area contributed by atoms with Gasteiger partial charge in [-0.3, -0.25) is 14.8 Å². The molecule has 2 heterocycles. The van der Waals surface area contributed by atoms with E-state index in [4.69, 9.17) is 0 Å². The summed E-state index contributed by atoms with van der Waals surface area (Å²) in [5, 5.41) is 26.4. The first-order valence-corrected chi connectivity index (χ1v) is 8.20. The highest BCUT2D eigenvalue weighted by molar-refractivity contribution is 5.74. The van der Waals surface area contributed by atoms with Crippen LogP contribution in [0.4, 0.5) is 0 Å². The number of hydrogen-bond acceptors (Lipinski definition) is 4. The first-order chi connectivity index (χ1) is 11.5. The second-order valence-electron chi connectivity index (χ2n) is 6.59. The number of nitrogens with zero attached hydrogens (tertiary/aromatic N) is 2. The highest BCUT2D eigenvalue weighted by Crippen LogP contribution is 2.28. The van der Waals surface area contributed by atoms with Crippen LogP contribution < -0.4 is 0 Å². The average Bonchev–Trinajstić information content (AvgIpc) is 2.99. The van der Waals surface area contributed by atoms with E-state index in [-0.39, 0.29) is 6.42 Å². The summed E-state index contributed by atoms with van der Waals surface area (Å²) in [6.45, 7) is 5.17. The smallest absolute Gasteiger partial charge is 0.321 e. The number of hydrogen-bond donors (Lipinski definition) is 3. The van der Waals surface area contributed by atoms with E-state index in [1.165, 1.54) is 5.56 Å². The zero-order chi connectivity index (χ0) is 17.3. The molecular formula is C18H23N3O3. The van der Waals surface area contributed by atoms with Gasteiger partial charge in [0.05, 0.1) is 18.0 Å². The van der Waals surface area contributed by atoms with Crippen LogP contribution >= 0.6 is 0 Å². The van der Waals surface area contributed by atoms with Gasteiger partial charge < -0.3 is 10.2 Å². The zero-order valence-corrected chi connectivity index (χ0v) is 14.0. The second kappa shape index (κ2) is 6.75. The van der Waals surface area contributed by atoms with Gasteiger partial charge in [-0.15, -0.1) is 0 Å². The Kier molecular flexibility index (Phi) is 4.69. The Balaban J connectivity index is 1.88. The standard InChI is InChI=1S/C18H23N3O3/c1-11-3-4-12(2)15(7-11)17-13(9-19-20-17)10-21-6-5-14(22)8-16(21)18(23)24/h3-4,7,9,14,16,22H,5-6,8,10H2,1-2H3,(H,19,20)(H,23,24)/t14-,16+/m0/s1. The van der Waals surface area contributed by atoms with Crippen molar-refractivity contribution in [2.45, 2.75) is 45.4 Å². The molecule has 3 rings (SSSR count). The van der Waals surface area contributed by atoms with Crippen molar-refractivity contribution in [3.63, 3.8) is 0 Å². The molecule has 6 nitrogen and oxygen atoms in total. The number of aromatic amines is 1. The number of aliphatic carboxylic acids is 1. The maximum absolute atomic E-state index is 11.5. The molecule has 0 bridgehead atoms. The van der Waals surface area contributed by atoms with Gasteiger partial charge in [-0.2, -0.15) is 5.10 Å². The Hall–Kier alpha value is -2.18. The lowest BCUT2D eigenvalue weighted by molar-refractivity contribution is -0.146. The van der Waals surface area contributed by atoms with Crippen LogP contribution in [0.3, 0.4) is 0 Å². The molecule has 0 spiro atoms. The van der Waals surface area contributed by atoms with Gasteiger partial charge >= 0.3 is 5.97 Å². The topological polar surface area (TPSA) is 89.5 Å². The van der Waals surface area contributed by atoms with E-state index in [2.05, 4.69) is 35.3 Å². The molecule has 0 amide bonds. The summed E-state index contributed by atoms with van der Waals surface area (Å²) in [5.74, 6) is -0.884.